The summed E-state index contributed by atoms with van der Waals surface area (Å²) in [6.45, 7) is 11.0. The fraction of sp³-hybridized carbons (Fsp3) is 0.667. The maximum Gasteiger partial charge on any atom is -0.0277 e. The van der Waals surface area contributed by atoms with Crippen molar-refractivity contribution in [2.75, 3.05) is 0 Å². The predicted molar refractivity (Wildman–Crippen MR) is 57.3 cm³/mol. The van der Waals surface area contributed by atoms with Crippen molar-refractivity contribution in [3.05, 3.63) is 23.8 Å². The van der Waals surface area contributed by atoms with Crippen LogP contribution in [0.4, 0.5) is 0 Å². The van der Waals surface area contributed by atoms with Crippen LogP contribution in [0.2, 0.25) is 0 Å². The lowest BCUT2D eigenvalue weighted by molar-refractivity contribution is 0.379. The SMILES string of the molecule is C/C=C\C(=C/C)CCC(C)(C)C. The Morgan fingerprint density at radius 1 is 1.17 bits per heavy atom. The van der Waals surface area contributed by atoms with E-state index in [1.165, 1.54) is 18.4 Å². The second-order valence-electron chi connectivity index (χ2n) is 4.42. The van der Waals surface area contributed by atoms with Crippen molar-refractivity contribution < 1.29 is 0 Å². The summed E-state index contributed by atoms with van der Waals surface area (Å²) in [4.78, 5) is 0. The van der Waals surface area contributed by atoms with Crippen LogP contribution >= 0.6 is 0 Å². The first-order chi connectivity index (χ1) is 5.49. The van der Waals surface area contributed by atoms with Gasteiger partial charge in [-0.3, -0.25) is 0 Å². The highest BCUT2D eigenvalue weighted by Gasteiger charge is 2.09. The number of rotatable bonds is 3. The second-order valence-corrected chi connectivity index (χ2v) is 4.42. The summed E-state index contributed by atoms with van der Waals surface area (Å²) >= 11 is 0. The van der Waals surface area contributed by atoms with E-state index in [0.29, 0.717) is 5.41 Å². The van der Waals surface area contributed by atoms with Crippen LogP contribution in [0, 0.1) is 5.41 Å². The molecule has 0 fully saturated rings. The van der Waals surface area contributed by atoms with Crippen LogP contribution in [0.1, 0.15) is 47.5 Å². The van der Waals surface area contributed by atoms with E-state index in [1.807, 2.05) is 0 Å². The lowest BCUT2D eigenvalue weighted by atomic mass is 9.88. The van der Waals surface area contributed by atoms with Crippen molar-refractivity contribution in [2.24, 2.45) is 5.41 Å². The zero-order valence-corrected chi connectivity index (χ0v) is 9.15. The van der Waals surface area contributed by atoms with E-state index in [1.54, 1.807) is 0 Å². The number of hydrogen-bond donors (Lipinski definition) is 0. The largest absolute Gasteiger partial charge is 0.0874 e. The quantitative estimate of drug-likeness (QED) is 0.547. The van der Waals surface area contributed by atoms with Gasteiger partial charge in [-0.05, 0) is 32.1 Å². The molecular formula is C12H22. The molecule has 0 nitrogen and oxygen atoms in total. The summed E-state index contributed by atoms with van der Waals surface area (Å²) in [6, 6.07) is 0. The molecule has 70 valence electrons. The van der Waals surface area contributed by atoms with Crippen molar-refractivity contribution in [1.82, 2.24) is 0 Å². The van der Waals surface area contributed by atoms with E-state index in [-0.39, 0.29) is 0 Å². The highest BCUT2D eigenvalue weighted by molar-refractivity contribution is 5.17. The Morgan fingerprint density at radius 3 is 2.08 bits per heavy atom. The van der Waals surface area contributed by atoms with Crippen LogP contribution in [0.3, 0.4) is 0 Å². The van der Waals surface area contributed by atoms with Crippen molar-refractivity contribution in [3.63, 3.8) is 0 Å². The molecule has 0 spiro atoms. The maximum atomic E-state index is 2.29. The molecule has 0 heterocycles. The summed E-state index contributed by atoms with van der Waals surface area (Å²) in [5.74, 6) is 0. The summed E-state index contributed by atoms with van der Waals surface area (Å²) < 4.78 is 0. The molecule has 0 radical (unpaired) electrons. The lowest BCUT2D eigenvalue weighted by Crippen LogP contribution is -2.04. The van der Waals surface area contributed by atoms with Gasteiger partial charge < -0.3 is 0 Å². The molecule has 0 aromatic heterocycles. The first kappa shape index (κ1) is 11.5. The highest BCUT2D eigenvalue weighted by atomic mass is 14.1. The van der Waals surface area contributed by atoms with Gasteiger partial charge in [0.05, 0.1) is 0 Å². The van der Waals surface area contributed by atoms with Gasteiger partial charge in [0.15, 0.2) is 0 Å². The van der Waals surface area contributed by atoms with E-state index >= 15 is 0 Å². The molecule has 0 saturated carbocycles. The fourth-order valence-electron chi connectivity index (χ4n) is 1.06. The molecule has 0 bridgehead atoms. The van der Waals surface area contributed by atoms with Crippen molar-refractivity contribution in [3.8, 4) is 0 Å². The molecule has 0 amide bonds. The Hall–Kier alpha value is -0.520. The average Bonchev–Trinajstić information content (AvgIpc) is 1.96. The van der Waals surface area contributed by atoms with E-state index in [9.17, 15) is 0 Å². The van der Waals surface area contributed by atoms with Gasteiger partial charge in [0.2, 0.25) is 0 Å². The Bertz CT molecular complexity index is 165. The van der Waals surface area contributed by atoms with Gasteiger partial charge in [-0.1, -0.05) is 44.6 Å². The molecule has 0 saturated heterocycles. The molecule has 0 heteroatoms. The molecule has 0 aliphatic rings. The Labute approximate surface area is 77.4 Å². The first-order valence-corrected chi connectivity index (χ1v) is 4.77. The molecule has 0 rings (SSSR count). The minimum Gasteiger partial charge on any atom is -0.0874 e. The predicted octanol–water partition coefficient (Wildman–Crippen LogP) is 4.34. The minimum absolute atomic E-state index is 0.454. The van der Waals surface area contributed by atoms with Gasteiger partial charge >= 0.3 is 0 Å². The van der Waals surface area contributed by atoms with Gasteiger partial charge in [0.1, 0.15) is 0 Å². The minimum atomic E-state index is 0.454. The molecule has 12 heavy (non-hydrogen) atoms. The lowest BCUT2D eigenvalue weighted by Gasteiger charge is -2.17. The molecule has 0 atom stereocenters. The van der Waals surface area contributed by atoms with E-state index in [0.717, 1.165) is 0 Å². The zero-order chi connectivity index (χ0) is 9.61. The molecule has 0 aromatic rings. The van der Waals surface area contributed by atoms with Gasteiger partial charge in [-0.15, -0.1) is 0 Å². The van der Waals surface area contributed by atoms with Crippen LogP contribution < -0.4 is 0 Å². The third-order valence-electron chi connectivity index (χ3n) is 1.92. The van der Waals surface area contributed by atoms with E-state index in [4.69, 9.17) is 0 Å². The third kappa shape index (κ3) is 6.21. The van der Waals surface area contributed by atoms with Crippen LogP contribution in [-0.4, -0.2) is 0 Å². The van der Waals surface area contributed by atoms with E-state index < -0.39 is 0 Å². The molecule has 0 aliphatic heterocycles. The molecular weight excluding hydrogens is 144 g/mol. The first-order valence-electron chi connectivity index (χ1n) is 4.77. The topological polar surface area (TPSA) is 0 Å². The fourth-order valence-corrected chi connectivity index (χ4v) is 1.06. The maximum absolute atomic E-state index is 2.29. The molecule has 0 unspecified atom stereocenters. The zero-order valence-electron chi connectivity index (χ0n) is 9.15. The van der Waals surface area contributed by atoms with E-state index in [2.05, 4.69) is 52.8 Å². The van der Waals surface area contributed by atoms with Gasteiger partial charge in [-0.25, -0.2) is 0 Å². The van der Waals surface area contributed by atoms with Crippen molar-refractivity contribution in [2.45, 2.75) is 47.5 Å². The van der Waals surface area contributed by atoms with Gasteiger partial charge in [0, 0.05) is 0 Å². The standard InChI is InChI=1S/C12H22/c1-6-8-11(7-2)9-10-12(3,4)5/h6-8H,9-10H2,1-5H3/b8-6-,11-7+. The third-order valence-corrected chi connectivity index (χ3v) is 1.92. The molecule has 0 N–H and O–H groups in total. The van der Waals surface area contributed by atoms with Crippen LogP contribution in [0.5, 0.6) is 0 Å². The number of hydrogen-bond acceptors (Lipinski definition) is 0. The van der Waals surface area contributed by atoms with Crippen LogP contribution in [-0.2, 0) is 0 Å². The van der Waals surface area contributed by atoms with Crippen molar-refractivity contribution >= 4 is 0 Å². The molecule has 0 aromatic carbocycles. The average molecular weight is 166 g/mol. The number of allylic oxidation sites excluding steroid dienone is 4. The highest BCUT2D eigenvalue weighted by Crippen LogP contribution is 2.23. The van der Waals surface area contributed by atoms with Gasteiger partial charge in [0.25, 0.3) is 0 Å². The normalized spacial score (nSPS) is 14.2. The summed E-state index contributed by atoms with van der Waals surface area (Å²) in [7, 11) is 0. The van der Waals surface area contributed by atoms with Crippen LogP contribution in [0.15, 0.2) is 23.8 Å². The summed E-state index contributed by atoms with van der Waals surface area (Å²) in [5.41, 5.74) is 1.91. The second kappa shape index (κ2) is 5.18. The molecule has 0 aliphatic carbocycles. The Kier molecular flexibility index (Phi) is 4.96. The van der Waals surface area contributed by atoms with Crippen molar-refractivity contribution in [1.29, 1.82) is 0 Å². The Morgan fingerprint density at radius 2 is 1.75 bits per heavy atom. The monoisotopic (exact) mass is 166 g/mol. The van der Waals surface area contributed by atoms with Gasteiger partial charge in [-0.2, -0.15) is 0 Å². The summed E-state index contributed by atoms with van der Waals surface area (Å²) in [5, 5.41) is 0. The smallest absolute Gasteiger partial charge is 0.0277 e. The van der Waals surface area contributed by atoms with Crippen LogP contribution in [0.25, 0.3) is 0 Å². The summed E-state index contributed by atoms with van der Waals surface area (Å²) in [6.07, 6.45) is 8.97. The Balaban J connectivity index is 3.91.